The van der Waals surface area contributed by atoms with Crippen molar-refractivity contribution >= 4 is 43.7 Å². The van der Waals surface area contributed by atoms with Gasteiger partial charge in [-0.3, -0.25) is 9.55 Å². The molecule has 11 nitrogen and oxygen atoms in total. The summed E-state index contributed by atoms with van der Waals surface area (Å²) in [5.74, 6) is 1.69. The Balaban J connectivity index is 1.24. The van der Waals surface area contributed by atoms with Crippen molar-refractivity contribution < 1.29 is 23.1 Å². The molecule has 6 rings (SSSR count). The molecule has 2 N–H and O–H groups in total. The molecule has 2 aliphatic heterocycles. The third-order valence-corrected chi connectivity index (χ3v) is 8.89. The van der Waals surface area contributed by atoms with Gasteiger partial charge in [-0.05, 0) is 37.1 Å². The number of amides is 1. The van der Waals surface area contributed by atoms with Gasteiger partial charge in [-0.2, -0.15) is 0 Å². The van der Waals surface area contributed by atoms with Crippen molar-refractivity contribution in [2.75, 3.05) is 36.1 Å². The summed E-state index contributed by atoms with van der Waals surface area (Å²) in [4.78, 5) is 27.3. The fourth-order valence-corrected chi connectivity index (χ4v) is 6.60. The van der Waals surface area contributed by atoms with Crippen LogP contribution in [0.3, 0.4) is 0 Å². The summed E-state index contributed by atoms with van der Waals surface area (Å²) >= 11 is 0. The number of hydrogen-bond acceptors (Lipinski definition) is 8. The minimum atomic E-state index is -2.87. The molecular weight excluding hydrogens is 496 g/mol. The number of aromatic nitrogens is 4. The molecule has 0 radical (unpaired) electrons. The highest BCUT2D eigenvalue weighted by molar-refractivity contribution is 7.92. The number of benzene rings is 2. The molecule has 2 aromatic carbocycles. The van der Waals surface area contributed by atoms with Crippen LogP contribution in [0.25, 0.3) is 27.9 Å². The van der Waals surface area contributed by atoms with E-state index in [4.69, 9.17) is 14.8 Å². The van der Waals surface area contributed by atoms with Crippen molar-refractivity contribution in [1.29, 1.82) is 0 Å². The summed E-state index contributed by atoms with van der Waals surface area (Å²) in [6.07, 6.45) is 3.89. The smallest absolute Gasteiger partial charge is 0.404 e. The second-order valence-corrected chi connectivity index (χ2v) is 11.8. The van der Waals surface area contributed by atoms with Gasteiger partial charge in [0, 0.05) is 31.1 Å². The van der Waals surface area contributed by atoms with E-state index in [2.05, 4.69) is 20.2 Å². The monoisotopic (exact) mass is 522 g/mol. The molecule has 0 spiro atoms. The lowest BCUT2D eigenvalue weighted by atomic mass is 10.0. The maximum atomic E-state index is 11.4. The standard InChI is InChI=1S/C25H26N6O5S/c32-25(33)28-17-6-8-30(9-7-17)22-3-1-2-19-24(22)29-23(11-26-19)31-15-27-20-10-18(4-5-21(20)31)36-12-16-13-37(34,35)14-16/h1-5,10-11,15-17,28H,6-9,12-14H2,(H,32,33). The zero-order valence-electron chi connectivity index (χ0n) is 19.9. The molecule has 1 amide bonds. The van der Waals surface area contributed by atoms with Crippen molar-refractivity contribution in [2.24, 2.45) is 5.92 Å². The van der Waals surface area contributed by atoms with Crippen molar-refractivity contribution in [1.82, 2.24) is 24.8 Å². The molecule has 12 heteroatoms. The van der Waals surface area contributed by atoms with E-state index in [1.165, 1.54) is 0 Å². The molecule has 37 heavy (non-hydrogen) atoms. The molecule has 4 aromatic rings. The minimum Gasteiger partial charge on any atom is -0.493 e. The van der Waals surface area contributed by atoms with Crippen LogP contribution in [0.15, 0.2) is 48.9 Å². The lowest BCUT2D eigenvalue weighted by Crippen LogP contribution is -2.44. The molecule has 0 bridgehead atoms. The molecule has 2 saturated heterocycles. The van der Waals surface area contributed by atoms with Gasteiger partial charge in [0.15, 0.2) is 15.7 Å². The highest BCUT2D eigenvalue weighted by atomic mass is 32.2. The van der Waals surface area contributed by atoms with E-state index in [1.54, 1.807) is 12.5 Å². The molecular formula is C25H26N6O5S. The lowest BCUT2D eigenvalue weighted by molar-refractivity contribution is 0.187. The van der Waals surface area contributed by atoms with Crippen LogP contribution in [-0.4, -0.2) is 76.4 Å². The van der Waals surface area contributed by atoms with E-state index in [0.29, 0.717) is 18.2 Å². The fraction of sp³-hybridized carbons (Fsp3) is 0.360. The van der Waals surface area contributed by atoms with Crippen LogP contribution in [0.2, 0.25) is 0 Å². The Kier molecular flexibility index (Phi) is 5.82. The molecule has 2 fully saturated rings. The summed E-state index contributed by atoms with van der Waals surface area (Å²) in [5.41, 5.74) is 4.12. The zero-order chi connectivity index (χ0) is 25.6. The number of ether oxygens (including phenoxy) is 1. The number of nitrogens with zero attached hydrogens (tertiary/aromatic N) is 5. The number of imidazole rings is 1. The van der Waals surface area contributed by atoms with Gasteiger partial charge in [-0.1, -0.05) is 6.07 Å². The maximum absolute atomic E-state index is 11.4. The SMILES string of the molecule is O=C(O)NC1CCN(c2cccc3ncc(-n4cnc5cc(OCC6CS(=O)(=O)C6)ccc54)nc23)CC1. The first-order valence-corrected chi connectivity index (χ1v) is 14.0. The van der Waals surface area contributed by atoms with Crippen LogP contribution in [0.1, 0.15) is 12.8 Å². The average Bonchev–Trinajstić information content (AvgIpc) is 3.29. The summed E-state index contributed by atoms with van der Waals surface area (Å²) in [7, 11) is -2.87. The molecule has 4 heterocycles. The predicted octanol–water partition coefficient (Wildman–Crippen LogP) is 2.63. The zero-order valence-corrected chi connectivity index (χ0v) is 20.8. The van der Waals surface area contributed by atoms with Gasteiger partial charge in [0.05, 0.1) is 46.5 Å². The van der Waals surface area contributed by atoms with Gasteiger partial charge < -0.3 is 20.1 Å². The highest BCUT2D eigenvalue weighted by Gasteiger charge is 2.33. The highest BCUT2D eigenvalue weighted by Crippen LogP contribution is 2.29. The van der Waals surface area contributed by atoms with Gasteiger partial charge in [-0.15, -0.1) is 0 Å². The van der Waals surface area contributed by atoms with E-state index >= 15 is 0 Å². The minimum absolute atomic E-state index is 0.0412. The third kappa shape index (κ3) is 4.76. The first-order chi connectivity index (χ1) is 17.8. The summed E-state index contributed by atoms with van der Waals surface area (Å²) in [6.45, 7) is 1.81. The van der Waals surface area contributed by atoms with Gasteiger partial charge in [0.1, 0.15) is 17.6 Å². The number of rotatable bonds is 6. The van der Waals surface area contributed by atoms with Gasteiger partial charge in [-0.25, -0.2) is 23.2 Å². The molecule has 0 unspecified atom stereocenters. The van der Waals surface area contributed by atoms with Gasteiger partial charge in [0.25, 0.3) is 0 Å². The molecule has 2 aromatic heterocycles. The molecule has 2 aliphatic rings. The van der Waals surface area contributed by atoms with E-state index in [-0.39, 0.29) is 23.5 Å². The number of carboxylic acid groups (broad SMARTS) is 1. The number of para-hydroxylation sites is 1. The molecule has 0 saturated carbocycles. The Morgan fingerprint density at radius 1 is 1.11 bits per heavy atom. The number of anilines is 1. The summed E-state index contributed by atoms with van der Waals surface area (Å²) in [6, 6.07) is 11.5. The number of piperidine rings is 1. The molecule has 0 aliphatic carbocycles. The normalized spacial score (nSPS) is 18.1. The number of carbonyl (C=O) groups is 1. The average molecular weight is 523 g/mol. The Bertz CT molecular complexity index is 1580. The largest absolute Gasteiger partial charge is 0.493 e. The second kappa shape index (κ2) is 9.18. The van der Waals surface area contributed by atoms with E-state index in [1.807, 2.05) is 41.0 Å². The summed E-state index contributed by atoms with van der Waals surface area (Å²) < 4.78 is 30.4. The Hall–Kier alpha value is -3.93. The molecule has 0 atom stereocenters. The van der Waals surface area contributed by atoms with E-state index < -0.39 is 15.9 Å². The lowest BCUT2D eigenvalue weighted by Gasteiger charge is -2.33. The van der Waals surface area contributed by atoms with Gasteiger partial charge >= 0.3 is 6.09 Å². The Morgan fingerprint density at radius 3 is 2.68 bits per heavy atom. The second-order valence-electron chi connectivity index (χ2n) is 9.60. The first kappa shape index (κ1) is 23.5. The first-order valence-electron chi connectivity index (χ1n) is 12.2. The van der Waals surface area contributed by atoms with Crippen LogP contribution < -0.4 is 15.0 Å². The third-order valence-electron chi connectivity index (χ3n) is 6.93. The van der Waals surface area contributed by atoms with E-state index in [9.17, 15) is 13.2 Å². The Morgan fingerprint density at radius 2 is 1.92 bits per heavy atom. The maximum Gasteiger partial charge on any atom is 0.404 e. The van der Waals surface area contributed by atoms with E-state index in [0.717, 1.165) is 53.7 Å². The number of nitrogens with one attached hydrogen (secondary N) is 1. The number of hydrogen-bond donors (Lipinski definition) is 2. The van der Waals surface area contributed by atoms with Crippen LogP contribution in [0.5, 0.6) is 5.75 Å². The summed E-state index contributed by atoms with van der Waals surface area (Å²) in [5, 5.41) is 11.6. The quantitative estimate of drug-likeness (QED) is 0.391. The number of fused-ring (bicyclic) bond motifs is 2. The fourth-order valence-electron chi connectivity index (χ4n) is 5.06. The topological polar surface area (TPSA) is 140 Å². The van der Waals surface area contributed by atoms with Crippen LogP contribution in [0.4, 0.5) is 10.5 Å². The van der Waals surface area contributed by atoms with Crippen LogP contribution >= 0.6 is 0 Å². The number of sulfone groups is 1. The predicted molar refractivity (Wildman–Crippen MR) is 138 cm³/mol. The van der Waals surface area contributed by atoms with Crippen molar-refractivity contribution in [3.8, 4) is 11.6 Å². The van der Waals surface area contributed by atoms with Crippen LogP contribution in [-0.2, 0) is 9.84 Å². The van der Waals surface area contributed by atoms with Gasteiger partial charge in [0.2, 0.25) is 0 Å². The van der Waals surface area contributed by atoms with Crippen LogP contribution in [0, 0.1) is 5.92 Å². The van der Waals surface area contributed by atoms with Crippen molar-refractivity contribution in [2.45, 2.75) is 18.9 Å². The van der Waals surface area contributed by atoms with Crippen molar-refractivity contribution in [3.63, 3.8) is 0 Å². The Labute approximate surface area is 213 Å². The van der Waals surface area contributed by atoms with Crippen molar-refractivity contribution in [3.05, 3.63) is 48.9 Å². The molecule has 192 valence electrons.